The first-order valence-corrected chi connectivity index (χ1v) is 6.25. The molecule has 0 radical (unpaired) electrons. The van der Waals surface area contributed by atoms with Crippen LogP contribution in [-0.2, 0) is 0 Å². The highest BCUT2D eigenvalue weighted by atomic mass is 15.1. The Hall–Kier alpha value is -2.95. The summed E-state index contributed by atoms with van der Waals surface area (Å²) in [6.45, 7) is 0. The summed E-state index contributed by atoms with van der Waals surface area (Å²) in [6.07, 6.45) is 3.18. The zero-order valence-corrected chi connectivity index (χ0v) is 10.6. The molecule has 0 amide bonds. The van der Waals surface area contributed by atoms with Crippen molar-refractivity contribution in [3.05, 3.63) is 55.1 Å². The van der Waals surface area contributed by atoms with Crippen LogP contribution in [0, 0.1) is 0 Å². The van der Waals surface area contributed by atoms with Crippen LogP contribution >= 0.6 is 0 Å². The Morgan fingerprint density at radius 2 is 1.75 bits per heavy atom. The molecule has 2 N–H and O–H groups in total. The number of imidazole rings is 1. The monoisotopic (exact) mass is 261 g/mol. The summed E-state index contributed by atoms with van der Waals surface area (Å²) < 4.78 is 1.92. The average Bonchev–Trinajstić information content (AvgIpc) is 2.92. The van der Waals surface area contributed by atoms with Crippen molar-refractivity contribution in [1.82, 2.24) is 19.5 Å². The number of fused-ring (bicyclic) bond motifs is 2. The first kappa shape index (κ1) is 10.9. The number of benzene rings is 2. The Kier molecular flexibility index (Phi) is 2.20. The van der Waals surface area contributed by atoms with Crippen LogP contribution in [0.3, 0.4) is 0 Å². The lowest BCUT2D eigenvalue weighted by molar-refractivity contribution is 1.06. The summed E-state index contributed by atoms with van der Waals surface area (Å²) in [5, 5.41) is 2.38. The molecule has 0 aliphatic heterocycles. The van der Waals surface area contributed by atoms with Crippen LogP contribution in [-0.4, -0.2) is 19.5 Å². The van der Waals surface area contributed by atoms with Gasteiger partial charge in [0.2, 0.25) is 0 Å². The number of aromatic nitrogens is 4. The van der Waals surface area contributed by atoms with E-state index in [4.69, 9.17) is 5.73 Å². The van der Waals surface area contributed by atoms with Crippen LogP contribution in [0.5, 0.6) is 0 Å². The van der Waals surface area contributed by atoms with Crippen LogP contribution in [0.2, 0.25) is 0 Å². The molecule has 0 aliphatic rings. The van der Waals surface area contributed by atoms with E-state index in [2.05, 4.69) is 39.2 Å². The molecule has 0 fully saturated rings. The van der Waals surface area contributed by atoms with Crippen molar-refractivity contribution < 1.29 is 0 Å². The zero-order valence-electron chi connectivity index (χ0n) is 10.6. The van der Waals surface area contributed by atoms with E-state index in [9.17, 15) is 0 Å². The van der Waals surface area contributed by atoms with Crippen LogP contribution in [0.25, 0.3) is 27.6 Å². The van der Waals surface area contributed by atoms with Gasteiger partial charge in [0.25, 0.3) is 0 Å². The van der Waals surface area contributed by atoms with Gasteiger partial charge in [0, 0.05) is 5.69 Å². The fourth-order valence-electron chi connectivity index (χ4n) is 2.37. The van der Waals surface area contributed by atoms with E-state index < -0.39 is 0 Å². The number of nitrogens with two attached hydrogens (primary N) is 1. The standard InChI is InChI=1S/C15H11N5/c16-14-13-15(18-8-17-14)20(9-19-13)12-6-5-10-3-1-2-4-11(10)7-12/h1-9H,(H2,16,17,18). The molecule has 4 aromatic rings. The predicted molar refractivity (Wildman–Crippen MR) is 78.6 cm³/mol. The molecule has 5 heteroatoms. The maximum Gasteiger partial charge on any atom is 0.170 e. The predicted octanol–water partition coefficient (Wildman–Crippen LogP) is 2.55. The van der Waals surface area contributed by atoms with Crippen molar-refractivity contribution in [2.24, 2.45) is 0 Å². The van der Waals surface area contributed by atoms with Gasteiger partial charge in [-0.15, -0.1) is 0 Å². The van der Waals surface area contributed by atoms with Crippen LogP contribution < -0.4 is 5.73 Å². The van der Waals surface area contributed by atoms with Crippen molar-refractivity contribution in [3.63, 3.8) is 0 Å². The molecule has 0 bridgehead atoms. The highest BCUT2D eigenvalue weighted by Crippen LogP contribution is 2.22. The van der Waals surface area contributed by atoms with Crippen molar-refractivity contribution in [2.75, 3.05) is 5.73 Å². The number of nitrogen functional groups attached to an aromatic ring is 1. The quantitative estimate of drug-likeness (QED) is 0.571. The van der Waals surface area contributed by atoms with E-state index in [1.165, 1.54) is 17.1 Å². The second-order valence-electron chi connectivity index (χ2n) is 4.58. The third-order valence-corrected chi connectivity index (χ3v) is 3.37. The van der Waals surface area contributed by atoms with Gasteiger partial charge in [-0.3, -0.25) is 4.57 Å². The molecule has 0 spiro atoms. The zero-order chi connectivity index (χ0) is 13.5. The molecule has 0 atom stereocenters. The molecular formula is C15H11N5. The van der Waals surface area contributed by atoms with E-state index in [-0.39, 0.29) is 0 Å². The van der Waals surface area contributed by atoms with Gasteiger partial charge in [-0.05, 0) is 22.9 Å². The second kappa shape index (κ2) is 4.03. The van der Waals surface area contributed by atoms with E-state index in [0.717, 1.165) is 5.69 Å². The first-order chi connectivity index (χ1) is 9.83. The van der Waals surface area contributed by atoms with Crippen molar-refractivity contribution in [1.29, 1.82) is 0 Å². The molecule has 2 aromatic carbocycles. The minimum atomic E-state index is 0.398. The summed E-state index contributed by atoms with van der Waals surface area (Å²) >= 11 is 0. The molecule has 20 heavy (non-hydrogen) atoms. The van der Waals surface area contributed by atoms with Crippen molar-refractivity contribution >= 4 is 27.8 Å². The maximum absolute atomic E-state index is 5.81. The van der Waals surface area contributed by atoms with Gasteiger partial charge in [-0.2, -0.15) is 0 Å². The lowest BCUT2D eigenvalue weighted by atomic mass is 10.1. The minimum absolute atomic E-state index is 0.398. The maximum atomic E-state index is 5.81. The second-order valence-corrected chi connectivity index (χ2v) is 4.58. The molecule has 0 unspecified atom stereocenters. The third-order valence-electron chi connectivity index (χ3n) is 3.37. The Labute approximate surface area is 114 Å². The summed E-state index contributed by atoms with van der Waals surface area (Å²) in [5.41, 5.74) is 8.16. The van der Waals surface area contributed by atoms with Gasteiger partial charge < -0.3 is 5.73 Å². The number of rotatable bonds is 1. The lowest BCUT2D eigenvalue weighted by Crippen LogP contribution is -1.96. The molecule has 0 saturated carbocycles. The highest BCUT2D eigenvalue weighted by molar-refractivity contribution is 5.86. The van der Waals surface area contributed by atoms with E-state index in [1.807, 2.05) is 22.8 Å². The topological polar surface area (TPSA) is 69.6 Å². The fourth-order valence-corrected chi connectivity index (χ4v) is 2.37. The van der Waals surface area contributed by atoms with Gasteiger partial charge in [-0.1, -0.05) is 30.3 Å². The van der Waals surface area contributed by atoms with E-state index in [1.54, 1.807) is 6.33 Å². The fraction of sp³-hybridized carbons (Fsp3) is 0. The van der Waals surface area contributed by atoms with Crippen molar-refractivity contribution in [2.45, 2.75) is 0 Å². The molecule has 2 heterocycles. The normalized spacial score (nSPS) is 11.2. The summed E-state index contributed by atoms with van der Waals surface area (Å²) in [5.74, 6) is 0.398. The van der Waals surface area contributed by atoms with E-state index >= 15 is 0 Å². The molecule has 0 aliphatic carbocycles. The summed E-state index contributed by atoms with van der Waals surface area (Å²) in [6, 6.07) is 14.5. The van der Waals surface area contributed by atoms with E-state index in [0.29, 0.717) is 17.0 Å². The van der Waals surface area contributed by atoms with Crippen LogP contribution in [0.4, 0.5) is 5.82 Å². The smallest absolute Gasteiger partial charge is 0.170 e. The molecule has 96 valence electrons. The number of anilines is 1. The third kappa shape index (κ3) is 1.53. The number of hydrogen-bond donors (Lipinski definition) is 1. The molecular weight excluding hydrogens is 250 g/mol. The summed E-state index contributed by atoms with van der Waals surface area (Å²) in [7, 11) is 0. The number of hydrogen-bond acceptors (Lipinski definition) is 4. The summed E-state index contributed by atoms with van der Waals surface area (Å²) in [4.78, 5) is 12.5. The Morgan fingerprint density at radius 1 is 0.900 bits per heavy atom. The van der Waals surface area contributed by atoms with Gasteiger partial charge in [0.05, 0.1) is 0 Å². The molecule has 5 nitrogen and oxygen atoms in total. The largest absolute Gasteiger partial charge is 0.382 e. The molecule has 4 rings (SSSR count). The SMILES string of the molecule is Nc1ncnc2c1ncn2-c1ccc2ccccc2c1. The van der Waals surface area contributed by atoms with Gasteiger partial charge in [0.15, 0.2) is 17.0 Å². The Morgan fingerprint density at radius 3 is 2.65 bits per heavy atom. The van der Waals surface area contributed by atoms with Crippen molar-refractivity contribution in [3.8, 4) is 5.69 Å². The Balaban J connectivity index is 1.99. The lowest BCUT2D eigenvalue weighted by Gasteiger charge is -2.05. The molecule has 2 aromatic heterocycles. The first-order valence-electron chi connectivity index (χ1n) is 6.25. The van der Waals surface area contributed by atoms with Gasteiger partial charge >= 0.3 is 0 Å². The number of nitrogens with zero attached hydrogens (tertiary/aromatic N) is 4. The average molecular weight is 261 g/mol. The Bertz CT molecular complexity index is 926. The molecule has 0 saturated heterocycles. The van der Waals surface area contributed by atoms with Crippen LogP contribution in [0.1, 0.15) is 0 Å². The van der Waals surface area contributed by atoms with Crippen LogP contribution in [0.15, 0.2) is 55.1 Å². The van der Waals surface area contributed by atoms with Gasteiger partial charge in [-0.25, -0.2) is 15.0 Å². The highest BCUT2D eigenvalue weighted by Gasteiger charge is 2.09. The van der Waals surface area contributed by atoms with Gasteiger partial charge in [0.1, 0.15) is 12.7 Å². The minimum Gasteiger partial charge on any atom is -0.382 e.